The van der Waals surface area contributed by atoms with Gasteiger partial charge in [0.15, 0.2) is 5.75 Å². The maximum Gasteiger partial charge on any atom is 0.335 e. The van der Waals surface area contributed by atoms with Crippen molar-refractivity contribution in [1.82, 2.24) is 5.32 Å². The fraction of sp³-hybridized carbons (Fsp3) is 0.105. The topological polar surface area (TPSA) is 75.7 Å². The van der Waals surface area contributed by atoms with Crippen molar-refractivity contribution in [3.63, 3.8) is 0 Å². The van der Waals surface area contributed by atoms with Crippen molar-refractivity contribution in [2.45, 2.75) is 6.92 Å². The van der Waals surface area contributed by atoms with Crippen molar-refractivity contribution in [3.05, 3.63) is 61.0 Å². The fourth-order valence-electron chi connectivity index (χ4n) is 2.68. The van der Waals surface area contributed by atoms with Gasteiger partial charge in [-0.3, -0.25) is 14.9 Å². The lowest BCUT2D eigenvalue weighted by atomic mass is 10.1. The van der Waals surface area contributed by atoms with Crippen LogP contribution in [0.4, 0.5) is 10.5 Å². The van der Waals surface area contributed by atoms with E-state index in [9.17, 15) is 14.4 Å². The third kappa shape index (κ3) is 3.85. The average Bonchev–Trinajstić information content (AvgIpc) is 2.61. The lowest BCUT2D eigenvalue weighted by Gasteiger charge is -2.26. The van der Waals surface area contributed by atoms with Crippen LogP contribution in [-0.2, 0) is 9.59 Å². The number of barbiturate groups is 1. The fourth-order valence-corrected chi connectivity index (χ4v) is 3.99. The molecule has 3 rings (SSSR count). The van der Waals surface area contributed by atoms with E-state index in [2.05, 4.69) is 37.2 Å². The molecule has 1 fully saturated rings. The summed E-state index contributed by atoms with van der Waals surface area (Å²) >= 11 is 12.9. The number of methoxy groups -OCH3 is 1. The second-order valence-electron chi connectivity index (χ2n) is 5.91. The van der Waals surface area contributed by atoms with Crippen LogP contribution in [0, 0.1) is 6.92 Å². The van der Waals surface area contributed by atoms with Gasteiger partial charge < -0.3 is 4.74 Å². The van der Waals surface area contributed by atoms with Gasteiger partial charge >= 0.3 is 6.03 Å². The molecule has 0 aliphatic carbocycles. The van der Waals surface area contributed by atoms with Crippen LogP contribution < -0.4 is 15.0 Å². The van der Waals surface area contributed by atoms with E-state index < -0.39 is 17.8 Å². The summed E-state index contributed by atoms with van der Waals surface area (Å²) in [6.45, 7) is 1.83. The Hall–Kier alpha value is -2.16. The van der Waals surface area contributed by atoms with Crippen LogP contribution in [0.5, 0.6) is 5.75 Å². The molecule has 0 radical (unpaired) electrons. The molecule has 1 heterocycles. The summed E-state index contributed by atoms with van der Waals surface area (Å²) in [5.41, 5.74) is 1.51. The van der Waals surface area contributed by atoms with Crippen molar-refractivity contribution < 1.29 is 19.1 Å². The molecule has 0 bridgehead atoms. The highest BCUT2D eigenvalue weighted by Gasteiger charge is 2.37. The Kier molecular flexibility index (Phi) is 5.92. The van der Waals surface area contributed by atoms with Gasteiger partial charge in [-0.2, -0.15) is 0 Å². The van der Waals surface area contributed by atoms with Gasteiger partial charge in [-0.25, -0.2) is 9.69 Å². The molecule has 4 amide bonds. The maximum atomic E-state index is 12.9. The molecule has 28 heavy (non-hydrogen) atoms. The number of halogens is 3. The van der Waals surface area contributed by atoms with Gasteiger partial charge in [-0.15, -0.1) is 0 Å². The Morgan fingerprint density at radius 1 is 1.11 bits per heavy atom. The van der Waals surface area contributed by atoms with Gasteiger partial charge in [0, 0.05) is 4.47 Å². The highest BCUT2D eigenvalue weighted by atomic mass is 79.9. The Morgan fingerprint density at radius 2 is 1.82 bits per heavy atom. The molecule has 1 aliphatic heterocycles. The first-order chi connectivity index (χ1) is 13.2. The number of carbonyl (C=O) groups excluding carboxylic acids is 3. The molecule has 0 unspecified atom stereocenters. The minimum Gasteiger partial charge on any atom is -0.494 e. The molecule has 2 aromatic carbocycles. The predicted molar refractivity (Wildman–Crippen MR) is 114 cm³/mol. The van der Waals surface area contributed by atoms with Crippen molar-refractivity contribution in [3.8, 4) is 5.75 Å². The second-order valence-corrected chi connectivity index (χ2v) is 8.03. The predicted octanol–water partition coefficient (Wildman–Crippen LogP) is 4.85. The molecule has 0 aromatic heterocycles. The number of anilines is 1. The average molecular weight is 529 g/mol. The summed E-state index contributed by atoms with van der Waals surface area (Å²) in [7, 11) is 1.48. The lowest BCUT2D eigenvalue weighted by Crippen LogP contribution is -2.54. The zero-order valence-electron chi connectivity index (χ0n) is 14.7. The summed E-state index contributed by atoms with van der Waals surface area (Å²) in [4.78, 5) is 38.4. The van der Waals surface area contributed by atoms with E-state index in [0.29, 0.717) is 26.5 Å². The molecule has 6 nitrogen and oxygen atoms in total. The maximum absolute atomic E-state index is 12.9. The number of ether oxygens (including phenoxy) is 1. The molecule has 1 saturated heterocycles. The number of carbonyl (C=O) groups is 3. The Bertz CT molecular complexity index is 1030. The molecule has 0 spiro atoms. The molecule has 1 N–H and O–H groups in total. The highest BCUT2D eigenvalue weighted by molar-refractivity contribution is 9.10. The van der Waals surface area contributed by atoms with E-state index in [1.54, 1.807) is 30.3 Å². The largest absolute Gasteiger partial charge is 0.494 e. The van der Waals surface area contributed by atoms with Gasteiger partial charge in [0.2, 0.25) is 0 Å². The van der Waals surface area contributed by atoms with Crippen molar-refractivity contribution >= 4 is 73.1 Å². The summed E-state index contributed by atoms with van der Waals surface area (Å²) in [6.07, 6.45) is 1.37. The zero-order chi connectivity index (χ0) is 20.6. The highest BCUT2D eigenvalue weighted by Crippen LogP contribution is 2.35. The van der Waals surface area contributed by atoms with Crippen LogP contribution in [0.2, 0.25) is 5.02 Å². The number of nitrogens with zero attached hydrogens (tertiary/aromatic N) is 1. The SMILES string of the molecule is COc1c(Cl)cc(/C=C2\C(=O)NC(=O)N(c3ccc(Br)c(C)c3)C2=O)cc1Br. The van der Waals surface area contributed by atoms with Gasteiger partial charge in [0.25, 0.3) is 11.8 Å². The Morgan fingerprint density at radius 3 is 2.43 bits per heavy atom. The van der Waals surface area contributed by atoms with E-state index in [-0.39, 0.29) is 5.57 Å². The van der Waals surface area contributed by atoms with Crippen LogP contribution in [0.1, 0.15) is 11.1 Å². The number of hydrogen-bond donors (Lipinski definition) is 1. The van der Waals surface area contributed by atoms with E-state index >= 15 is 0 Å². The standard InChI is InChI=1S/C19H13Br2ClN2O4/c1-9-5-11(3-4-13(9)20)24-18(26)12(17(25)23-19(24)27)6-10-7-14(21)16(28-2)15(22)8-10/h3-8H,1-2H3,(H,23,25,27)/b12-6+. The van der Waals surface area contributed by atoms with Crippen LogP contribution >= 0.6 is 43.5 Å². The number of rotatable bonds is 3. The Balaban J connectivity index is 2.05. The zero-order valence-corrected chi connectivity index (χ0v) is 18.6. The monoisotopic (exact) mass is 526 g/mol. The van der Waals surface area contributed by atoms with Crippen molar-refractivity contribution in [1.29, 1.82) is 0 Å². The second kappa shape index (κ2) is 8.06. The number of urea groups is 1. The molecule has 0 atom stereocenters. The normalized spacial score (nSPS) is 15.8. The molecule has 2 aromatic rings. The molecule has 9 heteroatoms. The number of amides is 4. The summed E-state index contributed by atoms with van der Waals surface area (Å²) in [5.74, 6) is -1.06. The number of nitrogens with one attached hydrogen (secondary N) is 1. The quantitative estimate of drug-likeness (QED) is 0.457. The van der Waals surface area contributed by atoms with Crippen molar-refractivity contribution in [2.24, 2.45) is 0 Å². The Labute approximate surface area is 182 Å². The first-order valence-corrected chi connectivity index (χ1v) is 9.90. The molecular formula is C19H13Br2ClN2O4. The van der Waals surface area contributed by atoms with Crippen molar-refractivity contribution in [2.75, 3.05) is 12.0 Å². The third-order valence-corrected chi connectivity index (χ3v) is 5.80. The minimum atomic E-state index is -0.803. The summed E-state index contributed by atoms with van der Waals surface area (Å²) in [6, 6.07) is 7.43. The number of aryl methyl sites for hydroxylation is 1. The van der Waals surface area contributed by atoms with Gasteiger partial charge in [0.1, 0.15) is 5.57 Å². The van der Waals surface area contributed by atoms with Crippen LogP contribution in [0.15, 0.2) is 44.9 Å². The minimum absolute atomic E-state index is 0.187. The molecule has 1 aliphatic rings. The first kappa shape index (κ1) is 20.6. The van der Waals surface area contributed by atoms with Crippen LogP contribution in [-0.4, -0.2) is 25.0 Å². The summed E-state index contributed by atoms with van der Waals surface area (Å²) < 4.78 is 6.57. The van der Waals surface area contributed by atoms with E-state index in [0.717, 1.165) is 14.9 Å². The number of hydrogen-bond acceptors (Lipinski definition) is 4. The van der Waals surface area contributed by atoms with E-state index in [1.165, 1.54) is 13.2 Å². The smallest absolute Gasteiger partial charge is 0.335 e. The van der Waals surface area contributed by atoms with Gasteiger partial charge in [-0.05, 0) is 70.4 Å². The van der Waals surface area contributed by atoms with Crippen LogP contribution in [0.3, 0.4) is 0 Å². The van der Waals surface area contributed by atoms with E-state index in [4.69, 9.17) is 16.3 Å². The number of imide groups is 2. The van der Waals surface area contributed by atoms with Gasteiger partial charge in [0.05, 0.1) is 22.3 Å². The van der Waals surface area contributed by atoms with Crippen LogP contribution in [0.25, 0.3) is 6.08 Å². The molecule has 0 saturated carbocycles. The molecule has 144 valence electrons. The third-order valence-electron chi connectivity index (χ3n) is 4.04. The number of benzene rings is 2. The molecular weight excluding hydrogens is 515 g/mol. The lowest BCUT2D eigenvalue weighted by molar-refractivity contribution is -0.122. The van der Waals surface area contributed by atoms with Gasteiger partial charge in [-0.1, -0.05) is 27.5 Å². The summed E-state index contributed by atoms with van der Waals surface area (Å²) in [5, 5.41) is 2.50. The van der Waals surface area contributed by atoms with E-state index in [1.807, 2.05) is 6.92 Å². The first-order valence-electron chi connectivity index (χ1n) is 7.93.